The molecule has 0 amide bonds. The lowest BCUT2D eigenvalue weighted by Crippen LogP contribution is -2.03. The fraction of sp³-hybridized carbons (Fsp3) is 0.133. The summed E-state index contributed by atoms with van der Waals surface area (Å²) < 4.78 is 23.6. The maximum Gasteiger partial charge on any atom is 0.337 e. The van der Waals surface area contributed by atoms with Crippen molar-refractivity contribution in [2.45, 2.75) is 6.61 Å². The van der Waals surface area contributed by atoms with Crippen LogP contribution in [0.5, 0.6) is 5.75 Å². The van der Waals surface area contributed by atoms with E-state index in [1.807, 2.05) is 0 Å². The maximum absolute atomic E-state index is 12.8. The highest BCUT2D eigenvalue weighted by molar-refractivity contribution is 9.10. The van der Waals surface area contributed by atoms with Gasteiger partial charge in [-0.2, -0.15) is 0 Å². The Labute approximate surface area is 134 Å². The standard InChI is InChI=1S/C15H11BrClFO3/c1-20-15(19)10-6-12(16)14(13(17)7-10)21-8-9-2-4-11(18)5-3-9/h2-7H,8H2,1H3. The molecule has 0 bridgehead atoms. The minimum atomic E-state index is -0.484. The van der Waals surface area contributed by atoms with Crippen molar-refractivity contribution in [1.29, 1.82) is 0 Å². The number of methoxy groups -OCH3 is 1. The van der Waals surface area contributed by atoms with E-state index in [1.54, 1.807) is 18.2 Å². The fourth-order valence-corrected chi connectivity index (χ4v) is 2.63. The van der Waals surface area contributed by atoms with E-state index in [0.717, 1.165) is 5.56 Å². The zero-order chi connectivity index (χ0) is 15.4. The van der Waals surface area contributed by atoms with Crippen LogP contribution in [0.2, 0.25) is 5.02 Å². The van der Waals surface area contributed by atoms with Gasteiger partial charge in [0.2, 0.25) is 0 Å². The van der Waals surface area contributed by atoms with Crippen LogP contribution in [0.4, 0.5) is 4.39 Å². The van der Waals surface area contributed by atoms with E-state index in [0.29, 0.717) is 15.8 Å². The molecule has 0 aliphatic heterocycles. The van der Waals surface area contributed by atoms with E-state index in [-0.39, 0.29) is 17.4 Å². The first-order chi connectivity index (χ1) is 10.0. The molecular formula is C15H11BrClFO3. The van der Waals surface area contributed by atoms with Crippen molar-refractivity contribution < 1.29 is 18.7 Å². The average Bonchev–Trinajstić information content (AvgIpc) is 2.47. The summed E-state index contributed by atoms with van der Waals surface area (Å²) in [5.74, 6) is -0.378. The molecule has 0 unspecified atom stereocenters. The van der Waals surface area contributed by atoms with Crippen LogP contribution in [0, 0.1) is 5.82 Å². The van der Waals surface area contributed by atoms with Gasteiger partial charge in [0.05, 0.1) is 22.2 Å². The van der Waals surface area contributed by atoms with Gasteiger partial charge in [-0.15, -0.1) is 0 Å². The molecule has 0 spiro atoms. The third-order valence-corrected chi connectivity index (χ3v) is 3.59. The van der Waals surface area contributed by atoms with Gasteiger partial charge < -0.3 is 9.47 Å². The molecule has 0 saturated heterocycles. The third-order valence-electron chi connectivity index (χ3n) is 2.72. The maximum atomic E-state index is 12.8. The normalized spacial score (nSPS) is 10.3. The Morgan fingerprint density at radius 1 is 1.29 bits per heavy atom. The molecule has 2 rings (SSSR count). The van der Waals surface area contributed by atoms with Crippen LogP contribution in [-0.2, 0) is 11.3 Å². The van der Waals surface area contributed by atoms with Gasteiger partial charge in [0.1, 0.15) is 12.4 Å². The molecule has 0 aliphatic rings. The van der Waals surface area contributed by atoms with Gasteiger partial charge in [0, 0.05) is 0 Å². The Hall–Kier alpha value is -1.59. The number of rotatable bonds is 4. The van der Waals surface area contributed by atoms with Crippen LogP contribution in [0.3, 0.4) is 0 Å². The van der Waals surface area contributed by atoms with Crippen molar-refractivity contribution in [3.63, 3.8) is 0 Å². The van der Waals surface area contributed by atoms with Crippen molar-refractivity contribution in [2.75, 3.05) is 7.11 Å². The van der Waals surface area contributed by atoms with Gasteiger partial charge in [-0.05, 0) is 45.8 Å². The summed E-state index contributed by atoms with van der Waals surface area (Å²) in [4.78, 5) is 11.5. The molecule has 0 heterocycles. The Balaban J connectivity index is 2.17. The topological polar surface area (TPSA) is 35.5 Å². The lowest BCUT2D eigenvalue weighted by Gasteiger charge is -2.11. The first-order valence-corrected chi connectivity index (χ1v) is 7.13. The van der Waals surface area contributed by atoms with Crippen molar-refractivity contribution in [1.82, 2.24) is 0 Å². The van der Waals surface area contributed by atoms with E-state index >= 15 is 0 Å². The number of ether oxygens (including phenoxy) is 2. The lowest BCUT2D eigenvalue weighted by atomic mass is 10.2. The summed E-state index contributed by atoms with van der Waals surface area (Å²) in [7, 11) is 1.29. The average molecular weight is 374 g/mol. The van der Waals surface area contributed by atoms with Crippen LogP contribution in [-0.4, -0.2) is 13.1 Å². The van der Waals surface area contributed by atoms with Gasteiger partial charge in [0.25, 0.3) is 0 Å². The van der Waals surface area contributed by atoms with E-state index in [2.05, 4.69) is 20.7 Å². The van der Waals surface area contributed by atoms with Crippen LogP contribution >= 0.6 is 27.5 Å². The second-order valence-electron chi connectivity index (χ2n) is 4.18. The number of esters is 1. The Bertz CT molecular complexity index is 635. The van der Waals surface area contributed by atoms with Crippen LogP contribution in [0.25, 0.3) is 0 Å². The molecule has 0 N–H and O–H groups in total. The molecule has 0 aromatic heterocycles. The quantitative estimate of drug-likeness (QED) is 0.734. The molecule has 0 radical (unpaired) electrons. The van der Waals surface area contributed by atoms with Crippen LogP contribution in [0.1, 0.15) is 15.9 Å². The highest BCUT2D eigenvalue weighted by atomic mass is 79.9. The summed E-state index contributed by atoms with van der Waals surface area (Å²) >= 11 is 9.41. The highest BCUT2D eigenvalue weighted by Crippen LogP contribution is 2.35. The molecule has 0 fully saturated rings. The van der Waals surface area contributed by atoms with Crippen molar-refractivity contribution in [2.24, 2.45) is 0 Å². The Kier molecular flexibility index (Phi) is 5.20. The van der Waals surface area contributed by atoms with Gasteiger partial charge in [-0.1, -0.05) is 23.7 Å². The Morgan fingerprint density at radius 3 is 2.52 bits per heavy atom. The van der Waals surface area contributed by atoms with Gasteiger partial charge in [-0.25, -0.2) is 9.18 Å². The molecular weight excluding hydrogens is 363 g/mol. The first kappa shape index (κ1) is 15.8. The van der Waals surface area contributed by atoms with Crippen LogP contribution < -0.4 is 4.74 Å². The van der Waals surface area contributed by atoms with Gasteiger partial charge in [-0.3, -0.25) is 0 Å². The molecule has 21 heavy (non-hydrogen) atoms. The smallest absolute Gasteiger partial charge is 0.337 e. The second kappa shape index (κ2) is 6.91. The number of halogens is 3. The molecule has 110 valence electrons. The number of benzene rings is 2. The largest absolute Gasteiger partial charge is 0.486 e. The highest BCUT2D eigenvalue weighted by Gasteiger charge is 2.14. The number of carbonyl (C=O) groups excluding carboxylic acids is 1. The van der Waals surface area contributed by atoms with E-state index < -0.39 is 5.97 Å². The van der Waals surface area contributed by atoms with Crippen LogP contribution in [0.15, 0.2) is 40.9 Å². The third kappa shape index (κ3) is 3.95. The predicted octanol–water partition coefficient (Wildman–Crippen LogP) is 4.61. The SMILES string of the molecule is COC(=O)c1cc(Cl)c(OCc2ccc(F)cc2)c(Br)c1. The van der Waals surface area contributed by atoms with E-state index in [9.17, 15) is 9.18 Å². The molecule has 2 aromatic carbocycles. The van der Waals surface area contributed by atoms with E-state index in [4.69, 9.17) is 16.3 Å². The lowest BCUT2D eigenvalue weighted by molar-refractivity contribution is 0.0600. The molecule has 0 aliphatic carbocycles. The Morgan fingerprint density at radius 2 is 1.95 bits per heavy atom. The summed E-state index contributed by atoms with van der Waals surface area (Å²) in [5, 5.41) is 0.284. The molecule has 2 aromatic rings. The summed E-state index contributed by atoms with van der Waals surface area (Å²) in [6.45, 7) is 0.232. The second-order valence-corrected chi connectivity index (χ2v) is 5.44. The van der Waals surface area contributed by atoms with Gasteiger partial charge >= 0.3 is 5.97 Å². The van der Waals surface area contributed by atoms with Crippen molar-refractivity contribution in [3.8, 4) is 5.75 Å². The summed E-state index contributed by atoms with van der Waals surface area (Å²) in [6, 6.07) is 9.00. The summed E-state index contributed by atoms with van der Waals surface area (Å²) in [5.41, 5.74) is 1.12. The van der Waals surface area contributed by atoms with E-state index in [1.165, 1.54) is 25.3 Å². The van der Waals surface area contributed by atoms with Crippen molar-refractivity contribution in [3.05, 3.63) is 62.8 Å². The van der Waals surface area contributed by atoms with Gasteiger partial charge in [0.15, 0.2) is 5.75 Å². The predicted molar refractivity (Wildman–Crippen MR) is 81.2 cm³/mol. The zero-order valence-corrected chi connectivity index (χ0v) is 13.4. The first-order valence-electron chi connectivity index (χ1n) is 5.96. The summed E-state index contributed by atoms with van der Waals surface area (Å²) in [6.07, 6.45) is 0. The number of carbonyl (C=O) groups is 1. The van der Waals surface area contributed by atoms with Crippen molar-refractivity contribution >= 4 is 33.5 Å². The number of hydrogen-bond donors (Lipinski definition) is 0. The molecule has 3 nitrogen and oxygen atoms in total. The minimum Gasteiger partial charge on any atom is -0.486 e. The monoisotopic (exact) mass is 372 g/mol. The molecule has 6 heteroatoms. The minimum absolute atomic E-state index is 0.232. The fourth-order valence-electron chi connectivity index (χ4n) is 1.67. The molecule has 0 saturated carbocycles. The number of hydrogen-bond acceptors (Lipinski definition) is 3. The zero-order valence-electron chi connectivity index (χ0n) is 11.0. The molecule has 0 atom stereocenters.